The SMILES string of the molecule is CCS(=O)CCC(F)F. The summed E-state index contributed by atoms with van der Waals surface area (Å²) >= 11 is 0. The quantitative estimate of drug-likeness (QED) is 0.601. The Hall–Kier alpha value is 0.01000. The Balaban J connectivity index is 3.17. The Morgan fingerprint density at radius 3 is 2.44 bits per heavy atom. The van der Waals surface area contributed by atoms with Crippen LogP contribution in [0.2, 0.25) is 0 Å². The Morgan fingerprint density at radius 2 is 2.11 bits per heavy atom. The number of halogens is 2. The lowest BCUT2D eigenvalue weighted by atomic mass is 10.5. The van der Waals surface area contributed by atoms with Gasteiger partial charge in [-0.3, -0.25) is 4.21 Å². The molecule has 0 aliphatic carbocycles. The van der Waals surface area contributed by atoms with Gasteiger partial charge in [0.15, 0.2) is 0 Å². The molecule has 0 aromatic heterocycles. The van der Waals surface area contributed by atoms with E-state index in [-0.39, 0.29) is 12.2 Å². The number of hydrogen-bond donors (Lipinski definition) is 0. The van der Waals surface area contributed by atoms with Crippen molar-refractivity contribution < 1.29 is 13.0 Å². The van der Waals surface area contributed by atoms with Crippen molar-refractivity contribution in [3.8, 4) is 0 Å². The van der Waals surface area contributed by atoms with Gasteiger partial charge >= 0.3 is 0 Å². The highest BCUT2D eigenvalue weighted by molar-refractivity contribution is 7.84. The van der Waals surface area contributed by atoms with Crippen LogP contribution in [0.25, 0.3) is 0 Å². The third-order valence-corrected chi connectivity index (χ3v) is 2.22. The molecule has 0 saturated carbocycles. The summed E-state index contributed by atoms with van der Waals surface area (Å²) in [6.07, 6.45) is -2.54. The maximum atomic E-state index is 11.4. The molecule has 0 fully saturated rings. The van der Waals surface area contributed by atoms with E-state index >= 15 is 0 Å². The zero-order valence-electron chi connectivity index (χ0n) is 5.27. The van der Waals surface area contributed by atoms with Crippen LogP contribution in [0.4, 0.5) is 8.78 Å². The largest absolute Gasteiger partial charge is 0.260 e. The van der Waals surface area contributed by atoms with E-state index in [2.05, 4.69) is 0 Å². The molecule has 1 nitrogen and oxygen atoms in total. The minimum atomic E-state index is -2.31. The minimum Gasteiger partial charge on any atom is -0.260 e. The normalized spacial score (nSPS) is 14.2. The molecule has 1 unspecified atom stereocenters. The smallest absolute Gasteiger partial charge is 0.239 e. The molecule has 0 heterocycles. The average molecular weight is 156 g/mol. The predicted octanol–water partition coefficient (Wildman–Crippen LogP) is 1.41. The maximum Gasteiger partial charge on any atom is 0.239 e. The Bertz CT molecular complexity index is 95.0. The third-order valence-electron chi connectivity index (χ3n) is 0.886. The lowest BCUT2D eigenvalue weighted by molar-refractivity contribution is 0.145. The topological polar surface area (TPSA) is 17.1 Å². The Kier molecular flexibility index (Phi) is 4.85. The molecule has 0 aliphatic rings. The molecule has 0 amide bonds. The fourth-order valence-corrected chi connectivity index (χ4v) is 1.09. The maximum absolute atomic E-state index is 11.4. The summed E-state index contributed by atoms with van der Waals surface area (Å²) in [4.78, 5) is 0. The summed E-state index contributed by atoms with van der Waals surface area (Å²) in [6.45, 7) is 1.72. The van der Waals surface area contributed by atoms with Gasteiger partial charge in [0.25, 0.3) is 0 Å². The van der Waals surface area contributed by atoms with Gasteiger partial charge in [-0.25, -0.2) is 8.78 Å². The minimum absolute atomic E-state index is 0.133. The first-order valence-electron chi connectivity index (χ1n) is 2.80. The van der Waals surface area contributed by atoms with Crippen LogP contribution in [0, 0.1) is 0 Å². The van der Waals surface area contributed by atoms with Crippen LogP contribution in [0.15, 0.2) is 0 Å². The highest BCUT2D eigenvalue weighted by Crippen LogP contribution is 1.99. The fraction of sp³-hybridized carbons (Fsp3) is 1.00. The van der Waals surface area contributed by atoms with E-state index < -0.39 is 17.2 Å². The molecule has 1 atom stereocenters. The van der Waals surface area contributed by atoms with Gasteiger partial charge in [-0.15, -0.1) is 0 Å². The molecule has 0 spiro atoms. The van der Waals surface area contributed by atoms with Crippen molar-refractivity contribution in [3.63, 3.8) is 0 Å². The first-order valence-corrected chi connectivity index (χ1v) is 4.28. The van der Waals surface area contributed by atoms with Gasteiger partial charge < -0.3 is 0 Å². The predicted molar refractivity (Wildman–Crippen MR) is 34.2 cm³/mol. The van der Waals surface area contributed by atoms with Gasteiger partial charge in [0, 0.05) is 28.7 Å². The van der Waals surface area contributed by atoms with Crippen LogP contribution in [-0.2, 0) is 10.8 Å². The molecule has 0 aromatic carbocycles. The molecular weight excluding hydrogens is 146 g/mol. The van der Waals surface area contributed by atoms with Crippen LogP contribution in [0.1, 0.15) is 13.3 Å². The van der Waals surface area contributed by atoms with Gasteiger partial charge in [-0.05, 0) is 0 Å². The zero-order chi connectivity index (χ0) is 7.28. The van der Waals surface area contributed by atoms with Crippen molar-refractivity contribution in [1.82, 2.24) is 0 Å². The molecule has 0 rings (SSSR count). The van der Waals surface area contributed by atoms with E-state index in [0.29, 0.717) is 5.75 Å². The summed E-state index contributed by atoms with van der Waals surface area (Å²) in [7, 11) is -1.03. The second kappa shape index (κ2) is 4.85. The molecule has 0 aromatic rings. The summed E-state index contributed by atoms with van der Waals surface area (Å²) in [5.41, 5.74) is 0. The van der Waals surface area contributed by atoms with Crippen molar-refractivity contribution in [1.29, 1.82) is 0 Å². The van der Waals surface area contributed by atoms with Gasteiger partial charge in [0.2, 0.25) is 6.43 Å². The van der Waals surface area contributed by atoms with Crippen molar-refractivity contribution in [2.24, 2.45) is 0 Å². The first kappa shape index (κ1) is 9.01. The van der Waals surface area contributed by atoms with E-state index in [9.17, 15) is 13.0 Å². The molecule has 56 valence electrons. The van der Waals surface area contributed by atoms with E-state index in [4.69, 9.17) is 0 Å². The number of rotatable bonds is 4. The monoisotopic (exact) mass is 156 g/mol. The number of alkyl halides is 2. The van der Waals surface area contributed by atoms with Crippen LogP contribution in [0.3, 0.4) is 0 Å². The summed E-state index contributed by atoms with van der Waals surface area (Å²) in [6, 6.07) is 0. The van der Waals surface area contributed by atoms with Gasteiger partial charge in [0.05, 0.1) is 0 Å². The lowest BCUT2D eigenvalue weighted by Gasteiger charge is -1.95. The Labute approximate surface area is 55.9 Å². The molecule has 0 radical (unpaired) electrons. The molecule has 9 heavy (non-hydrogen) atoms. The van der Waals surface area contributed by atoms with Crippen LogP contribution < -0.4 is 0 Å². The molecule has 0 bridgehead atoms. The molecule has 0 N–H and O–H groups in total. The summed E-state index contributed by atoms with van der Waals surface area (Å²) in [5, 5.41) is 0. The van der Waals surface area contributed by atoms with E-state index in [0.717, 1.165) is 0 Å². The third kappa shape index (κ3) is 5.89. The van der Waals surface area contributed by atoms with E-state index in [1.54, 1.807) is 6.92 Å². The molecular formula is C5H10F2OS. The fourth-order valence-electron chi connectivity index (χ4n) is 0.365. The van der Waals surface area contributed by atoms with Crippen molar-refractivity contribution in [2.75, 3.05) is 11.5 Å². The van der Waals surface area contributed by atoms with Crippen LogP contribution >= 0.6 is 0 Å². The van der Waals surface area contributed by atoms with Crippen molar-refractivity contribution in [2.45, 2.75) is 19.8 Å². The first-order chi connectivity index (χ1) is 4.16. The summed E-state index contributed by atoms with van der Waals surface area (Å²) < 4.78 is 33.3. The van der Waals surface area contributed by atoms with Gasteiger partial charge in [-0.1, -0.05) is 6.92 Å². The van der Waals surface area contributed by atoms with Crippen LogP contribution in [0.5, 0.6) is 0 Å². The van der Waals surface area contributed by atoms with Crippen molar-refractivity contribution >= 4 is 10.8 Å². The Morgan fingerprint density at radius 1 is 1.56 bits per heavy atom. The van der Waals surface area contributed by atoms with E-state index in [1.165, 1.54) is 0 Å². The molecule has 4 heteroatoms. The molecule has 0 saturated heterocycles. The second-order valence-electron chi connectivity index (χ2n) is 1.61. The zero-order valence-corrected chi connectivity index (χ0v) is 6.09. The number of hydrogen-bond acceptors (Lipinski definition) is 1. The summed E-state index contributed by atoms with van der Waals surface area (Å²) in [5.74, 6) is 0.612. The van der Waals surface area contributed by atoms with Crippen molar-refractivity contribution in [3.05, 3.63) is 0 Å². The van der Waals surface area contributed by atoms with E-state index in [1.807, 2.05) is 0 Å². The average Bonchev–Trinajstić information content (AvgIpc) is 1.83. The standard InChI is InChI=1S/C5H10F2OS/c1-2-9(8)4-3-5(6)7/h5H,2-4H2,1H3. The molecule has 0 aliphatic heterocycles. The lowest BCUT2D eigenvalue weighted by Crippen LogP contribution is -2.03. The highest BCUT2D eigenvalue weighted by atomic mass is 32.2. The van der Waals surface area contributed by atoms with Crippen LogP contribution in [-0.4, -0.2) is 22.1 Å². The highest BCUT2D eigenvalue weighted by Gasteiger charge is 2.03. The second-order valence-corrected chi connectivity index (χ2v) is 3.48. The van der Waals surface area contributed by atoms with Gasteiger partial charge in [0.1, 0.15) is 0 Å². The van der Waals surface area contributed by atoms with Gasteiger partial charge in [-0.2, -0.15) is 0 Å².